The van der Waals surface area contributed by atoms with E-state index in [0.717, 1.165) is 17.8 Å². The second-order valence-corrected chi connectivity index (χ2v) is 3.66. The van der Waals surface area contributed by atoms with Gasteiger partial charge < -0.3 is 5.32 Å². The Bertz CT molecular complexity index is 396. The van der Waals surface area contributed by atoms with Gasteiger partial charge in [-0.25, -0.2) is 9.97 Å². The molecule has 1 aromatic heterocycles. The van der Waals surface area contributed by atoms with Crippen LogP contribution in [0.3, 0.4) is 0 Å². The van der Waals surface area contributed by atoms with Gasteiger partial charge in [0.1, 0.15) is 0 Å². The summed E-state index contributed by atoms with van der Waals surface area (Å²) >= 11 is 5.95. The Labute approximate surface area is 95.3 Å². The highest BCUT2D eigenvalue weighted by Crippen LogP contribution is 2.19. The SMILES string of the molecule is C#CC(CC)Nc1nc(C)c(C)nc1Cl. The quantitative estimate of drug-likeness (QED) is 0.801. The highest BCUT2D eigenvalue weighted by molar-refractivity contribution is 6.31. The van der Waals surface area contributed by atoms with Crippen LogP contribution < -0.4 is 5.32 Å². The minimum Gasteiger partial charge on any atom is -0.354 e. The van der Waals surface area contributed by atoms with Crippen LogP contribution in [0.1, 0.15) is 24.7 Å². The number of nitrogens with one attached hydrogen (secondary N) is 1. The first-order chi connectivity index (χ1) is 7.08. The van der Waals surface area contributed by atoms with Gasteiger partial charge in [0.25, 0.3) is 0 Å². The Morgan fingerprint density at radius 2 is 2.00 bits per heavy atom. The lowest BCUT2D eigenvalue weighted by Gasteiger charge is -2.13. The maximum atomic E-state index is 5.95. The van der Waals surface area contributed by atoms with Crippen molar-refractivity contribution in [3.05, 3.63) is 16.5 Å². The molecule has 4 heteroatoms. The van der Waals surface area contributed by atoms with Gasteiger partial charge in [0.15, 0.2) is 11.0 Å². The molecular weight excluding hydrogens is 210 g/mol. The number of aryl methyl sites for hydroxylation is 2. The molecule has 0 aliphatic heterocycles. The van der Waals surface area contributed by atoms with Crippen molar-refractivity contribution in [2.24, 2.45) is 0 Å². The fourth-order valence-corrected chi connectivity index (χ4v) is 1.32. The lowest BCUT2D eigenvalue weighted by molar-refractivity contribution is 0.845. The van der Waals surface area contributed by atoms with Crippen molar-refractivity contribution in [3.8, 4) is 12.3 Å². The second-order valence-electron chi connectivity index (χ2n) is 3.31. The fraction of sp³-hybridized carbons (Fsp3) is 0.455. The van der Waals surface area contributed by atoms with E-state index in [0.29, 0.717) is 11.0 Å². The normalized spacial score (nSPS) is 11.9. The topological polar surface area (TPSA) is 37.8 Å². The van der Waals surface area contributed by atoms with Gasteiger partial charge in [0, 0.05) is 0 Å². The molecule has 1 N–H and O–H groups in total. The van der Waals surface area contributed by atoms with Crippen LogP contribution >= 0.6 is 11.6 Å². The largest absolute Gasteiger partial charge is 0.354 e. The van der Waals surface area contributed by atoms with Gasteiger partial charge in [-0.05, 0) is 20.3 Å². The maximum absolute atomic E-state index is 5.95. The summed E-state index contributed by atoms with van der Waals surface area (Å²) in [4.78, 5) is 8.47. The van der Waals surface area contributed by atoms with Gasteiger partial charge in [-0.2, -0.15) is 0 Å². The number of hydrogen-bond donors (Lipinski definition) is 1. The van der Waals surface area contributed by atoms with Crippen molar-refractivity contribution < 1.29 is 0 Å². The molecule has 3 nitrogen and oxygen atoms in total. The van der Waals surface area contributed by atoms with Gasteiger partial charge >= 0.3 is 0 Å². The van der Waals surface area contributed by atoms with E-state index in [9.17, 15) is 0 Å². The highest BCUT2D eigenvalue weighted by atomic mass is 35.5. The molecule has 0 spiro atoms. The Morgan fingerprint density at radius 1 is 1.40 bits per heavy atom. The third kappa shape index (κ3) is 2.84. The standard InChI is InChI=1S/C11H14ClN3/c1-5-9(6-2)15-11-10(12)13-7(3)8(4)14-11/h1,9H,6H2,2-4H3,(H,14,15). The molecule has 15 heavy (non-hydrogen) atoms. The Balaban J connectivity index is 2.96. The van der Waals surface area contributed by atoms with E-state index < -0.39 is 0 Å². The number of terminal acetylenes is 1. The lowest BCUT2D eigenvalue weighted by Crippen LogP contribution is -2.17. The molecule has 0 amide bonds. The molecule has 0 fully saturated rings. The summed E-state index contributed by atoms with van der Waals surface area (Å²) in [5.41, 5.74) is 1.69. The molecule has 1 heterocycles. The Hall–Kier alpha value is -1.27. The zero-order valence-electron chi connectivity index (χ0n) is 9.13. The predicted octanol–water partition coefficient (Wildman–Crippen LogP) is 2.57. The van der Waals surface area contributed by atoms with E-state index in [1.54, 1.807) is 0 Å². The lowest BCUT2D eigenvalue weighted by atomic mass is 10.2. The van der Waals surface area contributed by atoms with E-state index in [-0.39, 0.29) is 6.04 Å². The van der Waals surface area contributed by atoms with E-state index in [1.165, 1.54) is 0 Å². The zero-order valence-corrected chi connectivity index (χ0v) is 9.89. The van der Waals surface area contributed by atoms with Gasteiger partial charge in [-0.3, -0.25) is 0 Å². The van der Waals surface area contributed by atoms with Crippen LogP contribution in [0.4, 0.5) is 5.82 Å². The van der Waals surface area contributed by atoms with Crippen LogP contribution in [-0.4, -0.2) is 16.0 Å². The Morgan fingerprint density at radius 3 is 2.53 bits per heavy atom. The van der Waals surface area contributed by atoms with Crippen LogP contribution in [0.5, 0.6) is 0 Å². The van der Waals surface area contributed by atoms with Crippen molar-refractivity contribution in [3.63, 3.8) is 0 Å². The molecule has 0 saturated heterocycles. The third-order valence-electron chi connectivity index (χ3n) is 2.18. The molecule has 0 aliphatic rings. The van der Waals surface area contributed by atoms with E-state index in [2.05, 4.69) is 21.2 Å². The molecule has 0 aliphatic carbocycles. The summed E-state index contributed by atoms with van der Waals surface area (Å²) in [6, 6.07) is -0.0566. The van der Waals surface area contributed by atoms with Crippen LogP contribution in [0, 0.1) is 26.2 Å². The zero-order chi connectivity index (χ0) is 11.4. The van der Waals surface area contributed by atoms with E-state index >= 15 is 0 Å². The van der Waals surface area contributed by atoms with Crippen LogP contribution in [0.2, 0.25) is 5.15 Å². The molecule has 0 aromatic carbocycles. The molecule has 1 atom stereocenters. The van der Waals surface area contributed by atoms with E-state index in [4.69, 9.17) is 18.0 Å². The van der Waals surface area contributed by atoms with Gasteiger partial charge in [0.05, 0.1) is 17.4 Å². The molecular formula is C11H14ClN3. The number of nitrogens with zero attached hydrogens (tertiary/aromatic N) is 2. The summed E-state index contributed by atoms with van der Waals surface area (Å²) in [6.45, 7) is 5.76. The molecule has 1 unspecified atom stereocenters. The van der Waals surface area contributed by atoms with Crippen LogP contribution in [0.25, 0.3) is 0 Å². The summed E-state index contributed by atoms with van der Waals surface area (Å²) in [7, 11) is 0. The van der Waals surface area contributed by atoms with Gasteiger partial charge in [0.2, 0.25) is 0 Å². The van der Waals surface area contributed by atoms with Crippen molar-refractivity contribution in [2.45, 2.75) is 33.2 Å². The summed E-state index contributed by atoms with van der Waals surface area (Å²) in [5, 5.41) is 3.44. The number of aromatic nitrogens is 2. The minimum absolute atomic E-state index is 0.0566. The third-order valence-corrected chi connectivity index (χ3v) is 2.45. The summed E-state index contributed by atoms with van der Waals surface area (Å²) in [6.07, 6.45) is 6.17. The average Bonchev–Trinajstić information content (AvgIpc) is 2.21. The molecule has 80 valence electrons. The molecule has 0 radical (unpaired) electrons. The number of hydrogen-bond acceptors (Lipinski definition) is 3. The second kappa shape index (κ2) is 4.99. The summed E-state index contributed by atoms with van der Waals surface area (Å²) in [5.74, 6) is 3.18. The van der Waals surface area contributed by atoms with Crippen LogP contribution in [-0.2, 0) is 0 Å². The predicted molar refractivity (Wildman–Crippen MR) is 63.1 cm³/mol. The Kier molecular flexibility index (Phi) is 3.93. The first kappa shape index (κ1) is 11.8. The minimum atomic E-state index is -0.0566. The van der Waals surface area contributed by atoms with Gasteiger partial charge in [-0.1, -0.05) is 24.4 Å². The first-order valence-corrected chi connectivity index (χ1v) is 5.19. The molecule has 1 aromatic rings. The van der Waals surface area contributed by atoms with Crippen LogP contribution in [0.15, 0.2) is 0 Å². The number of anilines is 1. The summed E-state index contributed by atoms with van der Waals surface area (Å²) < 4.78 is 0. The van der Waals surface area contributed by atoms with E-state index in [1.807, 2.05) is 20.8 Å². The first-order valence-electron chi connectivity index (χ1n) is 4.81. The highest BCUT2D eigenvalue weighted by Gasteiger charge is 2.09. The maximum Gasteiger partial charge on any atom is 0.171 e. The number of rotatable bonds is 3. The fourth-order valence-electron chi connectivity index (χ4n) is 1.09. The molecule has 0 bridgehead atoms. The number of halogens is 1. The van der Waals surface area contributed by atoms with Gasteiger partial charge in [-0.15, -0.1) is 6.42 Å². The average molecular weight is 224 g/mol. The molecule has 0 saturated carbocycles. The van der Waals surface area contributed by atoms with Crippen molar-refractivity contribution >= 4 is 17.4 Å². The van der Waals surface area contributed by atoms with Crippen molar-refractivity contribution in [1.82, 2.24) is 9.97 Å². The smallest absolute Gasteiger partial charge is 0.171 e. The monoisotopic (exact) mass is 223 g/mol. The molecule has 1 rings (SSSR count). The van der Waals surface area contributed by atoms with Crippen molar-refractivity contribution in [2.75, 3.05) is 5.32 Å². The van der Waals surface area contributed by atoms with Crippen molar-refractivity contribution in [1.29, 1.82) is 0 Å².